The molecule has 12 heteroatoms. The molecule has 0 aliphatic heterocycles. The molecular formula is C28H34N6O6. The second-order valence-corrected chi connectivity index (χ2v) is 9.56. The molecule has 1 aromatic heterocycles. The molecule has 4 unspecified atom stereocenters. The van der Waals surface area contributed by atoms with E-state index in [0.29, 0.717) is 0 Å². The maximum absolute atomic E-state index is 13.6. The Labute approximate surface area is 230 Å². The number of para-hydroxylation sites is 1. The largest absolute Gasteiger partial charge is 0.480 e. The van der Waals surface area contributed by atoms with Gasteiger partial charge < -0.3 is 37.5 Å². The van der Waals surface area contributed by atoms with Crippen molar-refractivity contribution in [3.05, 3.63) is 71.9 Å². The molecule has 0 bridgehead atoms. The number of aromatic nitrogens is 1. The van der Waals surface area contributed by atoms with Gasteiger partial charge in [0.2, 0.25) is 23.6 Å². The number of carbonyl (C=O) groups excluding carboxylic acids is 4. The summed E-state index contributed by atoms with van der Waals surface area (Å²) < 4.78 is 0. The molecule has 0 aliphatic carbocycles. The summed E-state index contributed by atoms with van der Waals surface area (Å²) in [5.74, 6) is -3.86. The molecule has 0 aliphatic rings. The lowest BCUT2D eigenvalue weighted by Gasteiger charge is -2.25. The Morgan fingerprint density at radius 3 is 2.12 bits per heavy atom. The molecule has 4 atom stereocenters. The van der Waals surface area contributed by atoms with Crippen LogP contribution in [0.3, 0.4) is 0 Å². The molecule has 3 rings (SSSR count). The topological polar surface area (TPSA) is 210 Å². The zero-order valence-corrected chi connectivity index (χ0v) is 22.1. The monoisotopic (exact) mass is 550 g/mol. The van der Waals surface area contributed by atoms with Crippen LogP contribution in [0.2, 0.25) is 0 Å². The Hall–Kier alpha value is -4.71. The Morgan fingerprint density at radius 2 is 1.45 bits per heavy atom. The van der Waals surface area contributed by atoms with Crippen LogP contribution in [0.25, 0.3) is 10.9 Å². The summed E-state index contributed by atoms with van der Waals surface area (Å²) in [4.78, 5) is 65.1. The Kier molecular flexibility index (Phi) is 10.4. The van der Waals surface area contributed by atoms with Crippen molar-refractivity contribution in [3.63, 3.8) is 0 Å². The summed E-state index contributed by atoms with van der Waals surface area (Å²) in [6.45, 7) is 1.31. The van der Waals surface area contributed by atoms with Gasteiger partial charge in [-0.2, -0.15) is 0 Å². The Bertz CT molecular complexity index is 1360. The van der Waals surface area contributed by atoms with E-state index < -0.39 is 53.8 Å². The Morgan fingerprint density at radius 1 is 0.850 bits per heavy atom. The molecule has 1 heterocycles. The lowest BCUT2D eigenvalue weighted by atomic mass is 10.0. The molecule has 0 radical (unpaired) electrons. The lowest BCUT2D eigenvalue weighted by Crippen LogP contribution is -2.58. The maximum Gasteiger partial charge on any atom is 0.325 e. The number of carbonyl (C=O) groups is 5. The number of primary amides is 1. The van der Waals surface area contributed by atoms with Crippen molar-refractivity contribution >= 4 is 40.5 Å². The maximum atomic E-state index is 13.6. The van der Waals surface area contributed by atoms with Gasteiger partial charge in [-0.15, -0.1) is 0 Å². The third kappa shape index (κ3) is 8.40. The molecule has 0 saturated carbocycles. The summed E-state index contributed by atoms with van der Waals surface area (Å²) in [5.41, 5.74) is 13.4. The van der Waals surface area contributed by atoms with Gasteiger partial charge in [-0.25, -0.2) is 0 Å². The first kappa shape index (κ1) is 29.8. The zero-order chi connectivity index (χ0) is 29.2. The van der Waals surface area contributed by atoms with Crippen LogP contribution in [-0.2, 0) is 36.8 Å². The number of fused-ring (bicyclic) bond motifs is 1. The van der Waals surface area contributed by atoms with Crippen molar-refractivity contribution in [2.45, 2.75) is 56.8 Å². The zero-order valence-electron chi connectivity index (χ0n) is 22.1. The normalized spacial score (nSPS) is 13.9. The molecule has 40 heavy (non-hydrogen) atoms. The van der Waals surface area contributed by atoms with E-state index >= 15 is 0 Å². The first-order valence-corrected chi connectivity index (χ1v) is 12.8. The fraction of sp³-hybridized carbons (Fsp3) is 0.321. The highest BCUT2D eigenvalue weighted by Gasteiger charge is 2.30. The van der Waals surface area contributed by atoms with Gasteiger partial charge in [0.05, 0.1) is 6.04 Å². The molecular weight excluding hydrogens is 516 g/mol. The number of nitrogens with one attached hydrogen (secondary N) is 4. The van der Waals surface area contributed by atoms with Crippen LogP contribution in [-0.4, -0.2) is 63.9 Å². The molecule has 4 amide bonds. The number of hydrogen-bond acceptors (Lipinski definition) is 6. The predicted octanol–water partition coefficient (Wildman–Crippen LogP) is 0.105. The number of carboxylic acid groups (broad SMARTS) is 1. The number of benzene rings is 2. The third-order valence-corrected chi connectivity index (χ3v) is 6.42. The third-order valence-electron chi connectivity index (χ3n) is 6.42. The van der Waals surface area contributed by atoms with E-state index in [1.54, 1.807) is 36.5 Å². The average Bonchev–Trinajstić information content (AvgIpc) is 3.33. The number of H-pyrrole nitrogens is 1. The van der Waals surface area contributed by atoms with Crippen LogP contribution < -0.4 is 27.4 Å². The van der Waals surface area contributed by atoms with Gasteiger partial charge in [0.15, 0.2) is 0 Å². The highest BCUT2D eigenvalue weighted by atomic mass is 16.4. The lowest BCUT2D eigenvalue weighted by molar-refractivity contribution is -0.141. The summed E-state index contributed by atoms with van der Waals surface area (Å²) in [6.07, 6.45) is 1.77. The van der Waals surface area contributed by atoms with Gasteiger partial charge in [0, 0.05) is 36.4 Å². The van der Waals surface area contributed by atoms with E-state index in [-0.39, 0.29) is 25.7 Å². The standard InChI is InChI=1S/C28H34N6O6/c1-16(28(39)40)32-26(37)22(13-17-7-3-2-4-8-17)34-27(38)23(33-25(36)20(29)11-12-24(30)35)14-18-15-31-21-10-6-5-9-19(18)21/h2-10,15-16,20,22-23,31H,11-14,29H2,1H3,(H2,30,35)(H,32,37)(H,33,36)(H,34,38)(H,39,40). The van der Waals surface area contributed by atoms with Gasteiger partial charge in [0.25, 0.3) is 0 Å². The van der Waals surface area contributed by atoms with Crippen LogP contribution in [0.15, 0.2) is 60.8 Å². The van der Waals surface area contributed by atoms with Crippen molar-refractivity contribution in [1.82, 2.24) is 20.9 Å². The predicted molar refractivity (Wildman–Crippen MR) is 148 cm³/mol. The van der Waals surface area contributed by atoms with Gasteiger partial charge >= 0.3 is 5.97 Å². The van der Waals surface area contributed by atoms with E-state index in [9.17, 15) is 29.1 Å². The second-order valence-electron chi connectivity index (χ2n) is 9.56. The van der Waals surface area contributed by atoms with E-state index in [1.165, 1.54) is 6.92 Å². The van der Waals surface area contributed by atoms with Crippen LogP contribution in [0.5, 0.6) is 0 Å². The fourth-order valence-electron chi connectivity index (χ4n) is 4.14. The molecule has 2 aromatic carbocycles. The fourth-order valence-corrected chi connectivity index (χ4v) is 4.14. The number of carboxylic acids is 1. The molecule has 212 valence electrons. The van der Waals surface area contributed by atoms with E-state index in [1.807, 2.05) is 24.3 Å². The highest BCUT2D eigenvalue weighted by Crippen LogP contribution is 2.19. The highest BCUT2D eigenvalue weighted by molar-refractivity contribution is 5.95. The quantitative estimate of drug-likeness (QED) is 0.147. The molecule has 9 N–H and O–H groups in total. The molecule has 0 fully saturated rings. The van der Waals surface area contributed by atoms with E-state index in [2.05, 4.69) is 20.9 Å². The van der Waals surface area contributed by atoms with Gasteiger partial charge in [0.1, 0.15) is 18.1 Å². The van der Waals surface area contributed by atoms with Crippen LogP contribution in [0, 0.1) is 0 Å². The number of amides is 4. The van der Waals surface area contributed by atoms with Gasteiger partial charge in [-0.05, 0) is 30.5 Å². The average molecular weight is 551 g/mol. The minimum Gasteiger partial charge on any atom is -0.480 e. The first-order chi connectivity index (χ1) is 19.0. The summed E-state index contributed by atoms with van der Waals surface area (Å²) >= 11 is 0. The number of aliphatic carboxylic acids is 1. The summed E-state index contributed by atoms with van der Waals surface area (Å²) in [7, 11) is 0. The van der Waals surface area contributed by atoms with Crippen molar-refractivity contribution in [1.29, 1.82) is 0 Å². The number of hydrogen-bond donors (Lipinski definition) is 7. The van der Waals surface area contributed by atoms with Gasteiger partial charge in [-0.1, -0.05) is 48.5 Å². The number of rotatable bonds is 14. The first-order valence-electron chi connectivity index (χ1n) is 12.8. The van der Waals surface area contributed by atoms with Crippen LogP contribution in [0.4, 0.5) is 0 Å². The molecule has 0 spiro atoms. The molecule has 0 saturated heterocycles. The van der Waals surface area contributed by atoms with Crippen LogP contribution >= 0.6 is 0 Å². The van der Waals surface area contributed by atoms with E-state index in [4.69, 9.17) is 11.5 Å². The smallest absolute Gasteiger partial charge is 0.325 e. The van der Waals surface area contributed by atoms with E-state index in [0.717, 1.165) is 22.0 Å². The Balaban J connectivity index is 1.86. The van der Waals surface area contributed by atoms with Crippen molar-refractivity contribution < 1.29 is 29.1 Å². The summed E-state index contributed by atoms with van der Waals surface area (Å²) in [5, 5.41) is 17.8. The molecule has 12 nitrogen and oxygen atoms in total. The van der Waals surface area contributed by atoms with Crippen LogP contribution in [0.1, 0.15) is 30.9 Å². The minimum atomic E-state index is -1.23. The number of nitrogens with two attached hydrogens (primary N) is 2. The van der Waals surface area contributed by atoms with Crippen molar-refractivity contribution in [2.75, 3.05) is 0 Å². The molecule has 3 aromatic rings. The second kappa shape index (κ2) is 13.9. The minimum absolute atomic E-state index is 0.00525. The van der Waals surface area contributed by atoms with Crippen molar-refractivity contribution in [3.8, 4) is 0 Å². The summed E-state index contributed by atoms with van der Waals surface area (Å²) in [6, 6.07) is 11.8. The van der Waals surface area contributed by atoms with Gasteiger partial charge in [-0.3, -0.25) is 24.0 Å². The SMILES string of the molecule is CC(NC(=O)C(Cc1ccccc1)NC(=O)C(Cc1c[nH]c2ccccc12)NC(=O)C(N)CCC(N)=O)C(=O)O. The number of aromatic amines is 1. The van der Waals surface area contributed by atoms with Crippen molar-refractivity contribution in [2.24, 2.45) is 11.5 Å².